The maximum absolute atomic E-state index is 12.5. The summed E-state index contributed by atoms with van der Waals surface area (Å²) in [4.78, 5) is 22.7. The van der Waals surface area contributed by atoms with Gasteiger partial charge in [0, 0.05) is 30.4 Å². The van der Waals surface area contributed by atoms with Gasteiger partial charge in [-0.05, 0) is 49.2 Å². The Kier molecular flexibility index (Phi) is 5.97. The van der Waals surface area contributed by atoms with Crippen LogP contribution in [0.5, 0.6) is 0 Å². The summed E-state index contributed by atoms with van der Waals surface area (Å²) in [5, 5.41) is 13.6. The molecule has 1 aliphatic rings. The smallest absolute Gasteiger partial charge is 0.288 e. The summed E-state index contributed by atoms with van der Waals surface area (Å²) >= 11 is 5.84. The van der Waals surface area contributed by atoms with Crippen molar-refractivity contribution in [3.05, 3.63) is 63.2 Å². The Morgan fingerprint density at radius 2 is 1.79 bits per heavy atom. The van der Waals surface area contributed by atoms with Crippen molar-refractivity contribution in [3.63, 3.8) is 0 Å². The second kappa shape index (κ2) is 8.26. The van der Waals surface area contributed by atoms with Crippen molar-refractivity contribution in [1.29, 1.82) is 0 Å². The van der Waals surface area contributed by atoms with E-state index >= 15 is 0 Å². The van der Waals surface area contributed by atoms with Crippen LogP contribution in [0, 0.1) is 10.1 Å². The summed E-state index contributed by atoms with van der Waals surface area (Å²) in [5.41, 5.74) is 0.617. The number of hydrogen-bond donors (Lipinski definition) is 1. The molecular formula is C18H18ClN3O5S. The van der Waals surface area contributed by atoms with Crippen molar-refractivity contribution in [2.24, 2.45) is 0 Å². The van der Waals surface area contributed by atoms with Gasteiger partial charge >= 0.3 is 0 Å². The van der Waals surface area contributed by atoms with Crippen LogP contribution in [0.2, 0.25) is 5.02 Å². The molecule has 1 saturated heterocycles. The molecule has 1 N–H and O–H groups in total. The molecule has 0 spiro atoms. The highest BCUT2D eigenvalue weighted by Gasteiger charge is 2.27. The van der Waals surface area contributed by atoms with Crippen molar-refractivity contribution < 1.29 is 18.1 Å². The van der Waals surface area contributed by atoms with Crippen LogP contribution < -0.4 is 5.32 Å². The minimum absolute atomic E-state index is 0.0288. The molecule has 10 heteroatoms. The normalized spacial score (nSPS) is 14.8. The number of nitro groups is 1. The molecule has 28 heavy (non-hydrogen) atoms. The van der Waals surface area contributed by atoms with Crippen LogP contribution in [-0.2, 0) is 10.0 Å². The minimum atomic E-state index is -3.52. The summed E-state index contributed by atoms with van der Waals surface area (Å²) < 4.78 is 26.5. The summed E-state index contributed by atoms with van der Waals surface area (Å²) in [6, 6.07) is 9.92. The summed E-state index contributed by atoms with van der Waals surface area (Å²) in [7, 11) is -3.52. The van der Waals surface area contributed by atoms with Crippen LogP contribution >= 0.6 is 11.6 Å². The molecule has 8 nitrogen and oxygen atoms in total. The Morgan fingerprint density at radius 1 is 1.14 bits per heavy atom. The monoisotopic (exact) mass is 423 g/mol. The molecule has 0 aromatic heterocycles. The number of ketones is 1. The maximum atomic E-state index is 12.5. The van der Waals surface area contributed by atoms with E-state index in [1.165, 1.54) is 46.8 Å². The van der Waals surface area contributed by atoms with E-state index in [1.807, 2.05) is 0 Å². The zero-order valence-electron chi connectivity index (χ0n) is 14.8. The summed E-state index contributed by atoms with van der Waals surface area (Å²) in [6.07, 6.45) is 1.71. The first-order valence-electron chi connectivity index (χ1n) is 8.60. The maximum Gasteiger partial charge on any atom is 0.288 e. The van der Waals surface area contributed by atoms with Crippen LogP contribution in [0.15, 0.2) is 47.4 Å². The summed E-state index contributed by atoms with van der Waals surface area (Å²) in [6.45, 7) is 0.974. The quantitative estimate of drug-likeness (QED) is 0.415. The molecule has 0 saturated carbocycles. The number of nitrogens with one attached hydrogen (secondary N) is 1. The van der Waals surface area contributed by atoms with Gasteiger partial charge < -0.3 is 5.32 Å². The van der Waals surface area contributed by atoms with Gasteiger partial charge in [-0.25, -0.2) is 8.42 Å². The lowest BCUT2D eigenvalue weighted by Gasteiger charge is -2.15. The van der Waals surface area contributed by atoms with Gasteiger partial charge in [0.15, 0.2) is 5.78 Å². The average molecular weight is 424 g/mol. The zero-order chi connectivity index (χ0) is 20.3. The SMILES string of the molecule is O=C(CNc1ccc([N+](=O)[O-])c(Cl)c1)c1ccc(S(=O)(=O)N2CCCC2)cc1. The van der Waals surface area contributed by atoms with Crippen molar-refractivity contribution in [3.8, 4) is 0 Å². The number of carbonyl (C=O) groups excluding carboxylic acids is 1. The van der Waals surface area contributed by atoms with Gasteiger partial charge in [-0.2, -0.15) is 4.31 Å². The lowest BCUT2D eigenvalue weighted by molar-refractivity contribution is -0.384. The molecule has 2 aromatic rings. The standard InChI is InChI=1S/C18H18ClN3O5S/c19-16-11-14(5-8-17(16)22(24)25)20-12-18(23)13-3-6-15(7-4-13)28(26,27)21-9-1-2-10-21/h3-8,11,20H,1-2,9-10,12H2. The number of nitro benzene ring substituents is 1. The number of Topliss-reactive ketones (excluding diaryl/α,β-unsaturated/α-hetero) is 1. The van der Waals surface area contributed by atoms with Gasteiger partial charge in [0.2, 0.25) is 10.0 Å². The van der Waals surface area contributed by atoms with E-state index in [0.717, 1.165) is 12.8 Å². The van der Waals surface area contributed by atoms with Gasteiger partial charge in [-0.15, -0.1) is 0 Å². The number of benzene rings is 2. The molecule has 0 atom stereocenters. The number of carbonyl (C=O) groups is 1. The Morgan fingerprint density at radius 3 is 2.36 bits per heavy atom. The number of sulfonamides is 1. The predicted molar refractivity (Wildman–Crippen MR) is 105 cm³/mol. The third kappa shape index (κ3) is 4.32. The Balaban J connectivity index is 1.65. The Labute approximate surface area is 167 Å². The molecular weight excluding hydrogens is 406 g/mol. The van der Waals surface area contributed by atoms with Crippen molar-refractivity contribution in [2.45, 2.75) is 17.7 Å². The molecule has 148 valence electrons. The lowest BCUT2D eigenvalue weighted by atomic mass is 10.1. The van der Waals surface area contributed by atoms with Gasteiger partial charge in [0.05, 0.1) is 16.4 Å². The average Bonchev–Trinajstić information content (AvgIpc) is 3.21. The van der Waals surface area contributed by atoms with Crippen LogP contribution in [0.3, 0.4) is 0 Å². The largest absolute Gasteiger partial charge is 0.378 e. The van der Waals surface area contributed by atoms with Crippen LogP contribution in [-0.4, -0.2) is 43.1 Å². The van der Waals surface area contributed by atoms with Gasteiger partial charge in [0.1, 0.15) is 5.02 Å². The second-order valence-corrected chi connectivity index (χ2v) is 8.68. The molecule has 2 aromatic carbocycles. The molecule has 1 fully saturated rings. The topological polar surface area (TPSA) is 110 Å². The van der Waals surface area contributed by atoms with E-state index < -0.39 is 14.9 Å². The van der Waals surface area contributed by atoms with Crippen molar-refractivity contribution >= 4 is 38.8 Å². The molecule has 3 rings (SSSR count). The first-order valence-corrected chi connectivity index (χ1v) is 10.4. The number of rotatable bonds is 7. The first-order chi connectivity index (χ1) is 13.3. The fourth-order valence-electron chi connectivity index (χ4n) is 2.94. The van der Waals surface area contributed by atoms with E-state index in [4.69, 9.17) is 11.6 Å². The van der Waals surface area contributed by atoms with Crippen molar-refractivity contribution in [2.75, 3.05) is 25.0 Å². The van der Waals surface area contributed by atoms with Crippen molar-refractivity contribution in [1.82, 2.24) is 4.31 Å². The fourth-order valence-corrected chi connectivity index (χ4v) is 4.71. The molecule has 0 aliphatic carbocycles. The second-order valence-electron chi connectivity index (χ2n) is 6.34. The molecule has 1 heterocycles. The van der Waals surface area contributed by atoms with E-state index in [9.17, 15) is 23.3 Å². The van der Waals surface area contributed by atoms with Crippen LogP contribution in [0.1, 0.15) is 23.2 Å². The molecule has 0 bridgehead atoms. The number of hydrogen-bond acceptors (Lipinski definition) is 6. The highest BCUT2D eigenvalue weighted by atomic mass is 35.5. The fraction of sp³-hybridized carbons (Fsp3) is 0.278. The third-order valence-electron chi connectivity index (χ3n) is 4.48. The van der Waals surface area contributed by atoms with Crippen LogP contribution in [0.25, 0.3) is 0 Å². The molecule has 1 aliphatic heterocycles. The molecule has 0 radical (unpaired) electrons. The van der Waals surface area contributed by atoms with Crippen LogP contribution in [0.4, 0.5) is 11.4 Å². The van der Waals surface area contributed by atoms with Gasteiger partial charge in [-0.3, -0.25) is 14.9 Å². The van der Waals surface area contributed by atoms with Gasteiger partial charge in [0.25, 0.3) is 5.69 Å². The predicted octanol–water partition coefficient (Wildman–Crippen LogP) is 3.33. The number of halogens is 1. The lowest BCUT2D eigenvalue weighted by Crippen LogP contribution is -2.27. The molecule has 0 amide bonds. The van der Waals surface area contributed by atoms with Gasteiger partial charge in [-0.1, -0.05) is 11.6 Å². The first kappa shape index (κ1) is 20.2. The highest BCUT2D eigenvalue weighted by molar-refractivity contribution is 7.89. The number of anilines is 1. The van der Waals surface area contributed by atoms with E-state index in [-0.39, 0.29) is 27.9 Å². The zero-order valence-corrected chi connectivity index (χ0v) is 16.4. The Hall–Kier alpha value is -2.49. The highest BCUT2D eigenvalue weighted by Crippen LogP contribution is 2.27. The number of nitrogens with zero attached hydrogens (tertiary/aromatic N) is 2. The van der Waals surface area contributed by atoms with E-state index in [2.05, 4.69) is 5.32 Å². The summed E-state index contributed by atoms with van der Waals surface area (Å²) in [5.74, 6) is -0.250. The third-order valence-corrected chi connectivity index (χ3v) is 6.69. The van der Waals surface area contributed by atoms with E-state index in [1.54, 1.807) is 0 Å². The van der Waals surface area contributed by atoms with E-state index in [0.29, 0.717) is 24.3 Å². The molecule has 0 unspecified atom stereocenters. The Bertz CT molecular complexity index is 1000. The minimum Gasteiger partial charge on any atom is -0.378 e.